The van der Waals surface area contributed by atoms with Crippen molar-refractivity contribution in [2.24, 2.45) is 0 Å². The summed E-state index contributed by atoms with van der Waals surface area (Å²) >= 11 is 0. The zero-order valence-corrected chi connectivity index (χ0v) is 11.8. The van der Waals surface area contributed by atoms with Gasteiger partial charge in [-0.15, -0.1) is 0 Å². The zero-order chi connectivity index (χ0) is 14.7. The third-order valence-corrected chi connectivity index (χ3v) is 3.45. The molecule has 0 aliphatic rings. The molecular weight excluding hydrogens is 264 g/mol. The minimum absolute atomic E-state index is 0.0779. The van der Waals surface area contributed by atoms with Crippen LogP contribution < -0.4 is 5.32 Å². The Balaban J connectivity index is 1.69. The summed E-state index contributed by atoms with van der Waals surface area (Å²) in [6.07, 6.45) is 4.30. The van der Waals surface area contributed by atoms with Crippen molar-refractivity contribution < 1.29 is 4.79 Å². The van der Waals surface area contributed by atoms with E-state index in [0.29, 0.717) is 18.8 Å². The van der Waals surface area contributed by atoms with Gasteiger partial charge in [0, 0.05) is 35.4 Å². The van der Waals surface area contributed by atoms with Crippen LogP contribution in [0.1, 0.15) is 17.7 Å². The second-order valence-electron chi connectivity index (χ2n) is 4.89. The molecule has 0 saturated carbocycles. The highest BCUT2D eigenvalue weighted by atomic mass is 16.1. The van der Waals surface area contributed by atoms with E-state index in [2.05, 4.69) is 26.3 Å². The predicted molar refractivity (Wildman–Crippen MR) is 82.0 cm³/mol. The van der Waals surface area contributed by atoms with Crippen LogP contribution in [0.2, 0.25) is 0 Å². The number of anilines is 1. The molecule has 0 aliphatic carbocycles. The van der Waals surface area contributed by atoms with Gasteiger partial charge >= 0.3 is 0 Å². The molecule has 2 N–H and O–H groups in total. The third kappa shape index (κ3) is 2.91. The number of fused-ring (bicyclic) bond motifs is 1. The number of hydrogen-bond acceptors (Lipinski definition) is 3. The van der Waals surface area contributed by atoms with Crippen LogP contribution in [0.3, 0.4) is 0 Å². The van der Waals surface area contributed by atoms with Gasteiger partial charge in [-0.2, -0.15) is 0 Å². The smallest absolute Gasteiger partial charge is 0.229 e. The normalized spacial score (nSPS) is 10.7. The second-order valence-corrected chi connectivity index (χ2v) is 4.89. The minimum Gasteiger partial charge on any atom is -0.358 e. The molecule has 0 spiro atoms. The maximum absolute atomic E-state index is 12.0. The fourth-order valence-electron chi connectivity index (χ4n) is 2.45. The Morgan fingerprint density at radius 2 is 1.95 bits per heavy atom. The second kappa shape index (κ2) is 5.75. The first-order chi connectivity index (χ1) is 10.2. The van der Waals surface area contributed by atoms with Gasteiger partial charge in [0.05, 0.1) is 0 Å². The number of H-pyrrole nitrogens is 1. The summed E-state index contributed by atoms with van der Waals surface area (Å²) in [6.45, 7) is 2.04. The fourth-order valence-corrected chi connectivity index (χ4v) is 2.45. The van der Waals surface area contributed by atoms with E-state index < -0.39 is 0 Å². The van der Waals surface area contributed by atoms with Gasteiger partial charge in [-0.1, -0.05) is 18.2 Å². The number of para-hydroxylation sites is 1. The molecule has 2 aromatic heterocycles. The van der Waals surface area contributed by atoms with E-state index in [1.165, 1.54) is 10.9 Å². The zero-order valence-electron chi connectivity index (χ0n) is 11.8. The lowest BCUT2D eigenvalue weighted by molar-refractivity contribution is -0.116. The molecule has 106 valence electrons. The number of nitrogens with one attached hydrogen (secondary N) is 2. The first-order valence-electron chi connectivity index (χ1n) is 6.87. The fraction of sp³-hybridized carbons (Fsp3) is 0.188. The summed E-state index contributed by atoms with van der Waals surface area (Å²) in [7, 11) is 0. The van der Waals surface area contributed by atoms with E-state index in [9.17, 15) is 4.79 Å². The molecule has 0 bridgehead atoms. The molecule has 0 aliphatic heterocycles. The summed E-state index contributed by atoms with van der Waals surface area (Å²) in [5.41, 5.74) is 3.41. The van der Waals surface area contributed by atoms with E-state index in [1.54, 1.807) is 18.5 Å². The highest BCUT2D eigenvalue weighted by Gasteiger charge is 2.10. The van der Waals surface area contributed by atoms with E-state index in [1.807, 2.05) is 25.1 Å². The van der Waals surface area contributed by atoms with Crippen LogP contribution in [0.25, 0.3) is 10.9 Å². The van der Waals surface area contributed by atoms with Gasteiger partial charge < -0.3 is 4.98 Å². The van der Waals surface area contributed by atoms with Gasteiger partial charge in [-0.05, 0) is 31.0 Å². The number of rotatable bonds is 4. The number of aromatic nitrogens is 3. The summed E-state index contributed by atoms with van der Waals surface area (Å²) in [5.74, 6) is 0.268. The molecule has 5 heteroatoms. The van der Waals surface area contributed by atoms with Gasteiger partial charge in [-0.3, -0.25) is 10.1 Å². The maximum atomic E-state index is 12.0. The third-order valence-electron chi connectivity index (χ3n) is 3.45. The van der Waals surface area contributed by atoms with Crippen molar-refractivity contribution in [2.45, 2.75) is 19.8 Å². The standard InChI is InChI=1S/C16H16N4O/c1-11-12(13-5-2-3-6-14(13)19-11)7-8-15(21)20-16-17-9-4-10-18-16/h2-6,9-10,19H,7-8H2,1H3,(H,17,18,20,21). The summed E-state index contributed by atoms with van der Waals surface area (Å²) in [6, 6.07) is 9.85. The molecular formula is C16H16N4O. The molecule has 0 radical (unpaired) electrons. The van der Waals surface area contributed by atoms with Gasteiger partial charge in [0.2, 0.25) is 11.9 Å². The molecule has 3 rings (SSSR count). The molecule has 0 unspecified atom stereocenters. The van der Waals surface area contributed by atoms with E-state index in [-0.39, 0.29) is 5.91 Å². The van der Waals surface area contributed by atoms with E-state index in [4.69, 9.17) is 0 Å². The molecule has 1 amide bonds. The largest absolute Gasteiger partial charge is 0.358 e. The Morgan fingerprint density at radius 3 is 2.76 bits per heavy atom. The lowest BCUT2D eigenvalue weighted by Gasteiger charge is -2.03. The van der Waals surface area contributed by atoms with Crippen molar-refractivity contribution in [2.75, 3.05) is 5.32 Å². The van der Waals surface area contributed by atoms with Gasteiger partial charge in [0.1, 0.15) is 0 Å². The number of benzene rings is 1. The Kier molecular flexibility index (Phi) is 3.64. The average Bonchev–Trinajstić information content (AvgIpc) is 2.81. The molecule has 5 nitrogen and oxygen atoms in total. The molecule has 2 heterocycles. The number of amides is 1. The van der Waals surface area contributed by atoms with E-state index in [0.717, 1.165) is 11.2 Å². The highest BCUT2D eigenvalue weighted by molar-refractivity contribution is 5.90. The van der Waals surface area contributed by atoms with Crippen molar-refractivity contribution in [3.63, 3.8) is 0 Å². The molecule has 1 aromatic carbocycles. The quantitative estimate of drug-likeness (QED) is 0.772. The van der Waals surface area contributed by atoms with Gasteiger partial charge in [-0.25, -0.2) is 9.97 Å². The molecule has 21 heavy (non-hydrogen) atoms. The van der Waals surface area contributed by atoms with Crippen molar-refractivity contribution in [3.05, 3.63) is 54.0 Å². The van der Waals surface area contributed by atoms with Crippen molar-refractivity contribution >= 4 is 22.8 Å². The molecule has 3 aromatic rings. The highest BCUT2D eigenvalue weighted by Crippen LogP contribution is 2.23. The minimum atomic E-state index is -0.0779. The molecule has 0 fully saturated rings. The average molecular weight is 280 g/mol. The van der Waals surface area contributed by atoms with Crippen LogP contribution in [0.4, 0.5) is 5.95 Å². The first kappa shape index (κ1) is 13.3. The first-order valence-corrected chi connectivity index (χ1v) is 6.87. The number of carbonyl (C=O) groups is 1. The number of carbonyl (C=O) groups excluding carboxylic acids is 1. The SMILES string of the molecule is Cc1[nH]c2ccccc2c1CCC(=O)Nc1ncccn1. The number of aromatic amines is 1. The Hall–Kier alpha value is -2.69. The van der Waals surface area contributed by atoms with Crippen LogP contribution in [0.5, 0.6) is 0 Å². The lowest BCUT2D eigenvalue weighted by Crippen LogP contribution is -2.14. The summed E-state index contributed by atoms with van der Waals surface area (Å²) in [5, 5.41) is 3.88. The Labute approximate surface area is 122 Å². The van der Waals surface area contributed by atoms with Gasteiger partial charge in [0.15, 0.2) is 0 Å². The number of aryl methyl sites for hydroxylation is 2. The Morgan fingerprint density at radius 1 is 1.19 bits per heavy atom. The maximum Gasteiger partial charge on any atom is 0.229 e. The topological polar surface area (TPSA) is 70.7 Å². The number of hydrogen-bond donors (Lipinski definition) is 2. The summed E-state index contributed by atoms with van der Waals surface area (Å²) in [4.78, 5) is 23.3. The Bertz CT molecular complexity index is 764. The van der Waals surface area contributed by atoms with Crippen LogP contribution >= 0.6 is 0 Å². The van der Waals surface area contributed by atoms with Crippen LogP contribution in [0, 0.1) is 6.92 Å². The van der Waals surface area contributed by atoms with Crippen molar-refractivity contribution in [3.8, 4) is 0 Å². The monoisotopic (exact) mass is 280 g/mol. The van der Waals surface area contributed by atoms with Crippen LogP contribution in [-0.2, 0) is 11.2 Å². The molecule has 0 atom stereocenters. The van der Waals surface area contributed by atoms with Crippen LogP contribution in [-0.4, -0.2) is 20.9 Å². The van der Waals surface area contributed by atoms with Crippen molar-refractivity contribution in [1.82, 2.24) is 15.0 Å². The van der Waals surface area contributed by atoms with Crippen molar-refractivity contribution in [1.29, 1.82) is 0 Å². The van der Waals surface area contributed by atoms with Crippen LogP contribution in [0.15, 0.2) is 42.7 Å². The van der Waals surface area contributed by atoms with Gasteiger partial charge in [0.25, 0.3) is 0 Å². The predicted octanol–water partition coefficient (Wildman–Crippen LogP) is 2.84. The lowest BCUT2D eigenvalue weighted by atomic mass is 10.1. The van der Waals surface area contributed by atoms with E-state index >= 15 is 0 Å². The number of nitrogens with zero attached hydrogens (tertiary/aromatic N) is 2. The summed E-state index contributed by atoms with van der Waals surface area (Å²) < 4.78 is 0. The molecule has 0 saturated heterocycles.